The van der Waals surface area contributed by atoms with Crippen LogP contribution < -0.4 is 5.48 Å². The maximum absolute atomic E-state index is 13.0. The van der Waals surface area contributed by atoms with Gasteiger partial charge in [0.25, 0.3) is 5.91 Å². The first kappa shape index (κ1) is 14.1. The largest absolute Gasteiger partial charge is 0.277 e. The van der Waals surface area contributed by atoms with Crippen molar-refractivity contribution in [3.8, 4) is 0 Å². The van der Waals surface area contributed by atoms with E-state index in [9.17, 15) is 9.18 Å². The van der Waals surface area contributed by atoms with Crippen LogP contribution in [0.15, 0.2) is 48.7 Å². The van der Waals surface area contributed by atoms with E-state index in [-0.39, 0.29) is 11.7 Å². The van der Waals surface area contributed by atoms with Crippen LogP contribution in [-0.2, 0) is 16.1 Å². The lowest BCUT2D eigenvalue weighted by Gasteiger charge is -2.16. The van der Waals surface area contributed by atoms with E-state index in [2.05, 4.69) is 15.3 Å². The van der Waals surface area contributed by atoms with Crippen molar-refractivity contribution >= 4 is 5.91 Å². The molecule has 1 N–H and O–H groups in total. The third-order valence-electron chi connectivity index (χ3n) is 2.93. The number of hydrogen-bond acceptors (Lipinski definition) is 3. The molecular weight excluding hydrogens is 259 g/mol. The molecule has 0 radical (unpaired) electrons. The van der Waals surface area contributed by atoms with E-state index in [0.29, 0.717) is 12.0 Å². The number of hydrogen-bond donors (Lipinski definition) is 1. The smallest absolute Gasteiger partial charge is 0.251 e. The molecule has 0 aliphatic heterocycles. The number of carbonyl (C=O) groups is 1. The lowest BCUT2D eigenvalue weighted by atomic mass is 9.93. The van der Waals surface area contributed by atoms with Crippen LogP contribution in [0.4, 0.5) is 4.39 Å². The van der Waals surface area contributed by atoms with Crippen LogP contribution in [0.3, 0.4) is 0 Å². The number of halogens is 1. The molecule has 1 atom stereocenters. The number of nitrogens with one attached hydrogen (secondary N) is 1. The fourth-order valence-electron chi connectivity index (χ4n) is 1.96. The van der Waals surface area contributed by atoms with Crippen LogP contribution in [-0.4, -0.2) is 18.0 Å². The Bertz CT molecular complexity index is 558. The number of amides is 1. The third kappa shape index (κ3) is 3.61. The van der Waals surface area contributed by atoms with Gasteiger partial charge in [-0.1, -0.05) is 18.2 Å². The van der Waals surface area contributed by atoms with E-state index in [1.165, 1.54) is 19.2 Å². The van der Waals surface area contributed by atoms with Crippen LogP contribution in [0.1, 0.15) is 17.2 Å². The molecule has 20 heavy (non-hydrogen) atoms. The molecule has 1 heterocycles. The normalized spacial score (nSPS) is 11.9. The Balaban J connectivity index is 2.25. The van der Waals surface area contributed by atoms with E-state index in [4.69, 9.17) is 0 Å². The first-order valence-electron chi connectivity index (χ1n) is 6.19. The van der Waals surface area contributed by atoms with Gasteiger partial charge in [-0.2, -0.15) is 0 Å². The van der Waals surface area contributed by atoms with E-state index < -0.39 is 5.92 Å². The average molecular weight is 274 g/mol. The summed E-state index contributed by atoms with van der Waals surface area (Å²) in [4.78, 5) is 21.0. The van der Waals surface area contributed by atoms with E-state index >= 15 is 0 Å². The summed E-state index contributed by atoms with van der Waals surface area (Å²) in [6.07, 6.45) is 2.09. The summed E-state index contributed by atoms with van der Waals surface area (Å²) in [6, 6.07) is 11.4. The second-order valence-corrected chi connectivity index (χ2v) is 4.30. The summed E-state index contributed by atoms with van der Waals surface area (Å²) in [6.45, 7) is 0. The summed E-state index contributed by atoms with van der Waals surface area (Å²) < 4.78 is 13.0. The summed E-state index contributed by atoms with van der Waals surface area (Å²) in [5.41, 5.74) is 3.82. The van der Waals surface area contributed by atoms with Crippen molar-refractivity contribution < 1.29 is 14.0 Å². The van der Waals surface area contributed by atoms with Gasteiger partial charge in [-0.3, -0.25) is 14.6 Å². The zero-order valence-electron chi connectivity index (χ0n) is 11.0. The predicted molar refractivity (Wildman–Crippen MR) is 72.2 cm³/mol. The first-order valence-corrected chi connectivity index (χ1v) is 6.19. The highest BCUT2D eigenvalue weighted by Crippen LogP contribution is 2.21. The van der Waals surface area contributed by atoms with Gasteiger partial charge in [0.05, 0.1) is 13.0 Å². The number of rotatable bonds is 5. The van der Waals surface area contributed by atoms with Gasteiger partial charge in [-0.25, -0.2) is 9.87 Å². The molecule has 1 aromatic heterocycles. The Kier molecular flexibility index (Phi) is 4.79. The van der Waals surface area contributed by atoms with Gasteiger partial charge in [-0.15, -0.1) is 0 Å². The zero-order valence-corrected chi connectivity index (χ0v) is 11.0. The summed E-state index contributed by atoms with van der Waals surface area (Å²) in [5.74, 6) is -1.10. The second kappa shape index (κ2) is 6.77. The number of pyridine rings is 1. The van der Waals surface area contributed by atoms with Crippen LogP contribution in [0.5, 0.6) is 0 Å². The van der Waals surface area contributed by atoms with Gasteiger partial charge in [0.15, 0.2) is 0 Å². The highest BCUT2D eigenvalue weighted by atomic mass is 19.1. The molecule has 2 aromatic rings. The molecule has 0 spiro atoms. The molecule has 0 saturated heterocycles. The van der Waals surface area contributed by atoms with Crippen LogP contribution in [0, 0.1) is 5.82 Å². The van der Waals surface area contributed by atoms with Crippen molar-refractivity contribution in [3.05, 3.63) is 65.7 Å². The molecule has 1 amide bonds. The second-order valence-electron chi connectivity index (χ2n) is 4.30. The van der Waals surface area contributed by atoms with Gasteiger partial charge in [0, 0.05) is 18.3 Å². The molecule has 4 nitrogen and oxygen atoms in total. The van der Waals surface area contributed by atoms with Gasteiger partial charge in [-0.05, 0) is 29.8 Å². The van der Waals surface area contributed by atoms with E-state index in [1.807, 2.05) is 18.2 Å². The van der Waals surface area contributed by atoms with Crippen molar-refractivity contribution in [1.82, 2.24) is 10.5 Å². The SMILES string of the molecule is CONC(=O)C(Cc1ccccn1)c1ccc(F)cc1. The van der Waals surface area contributed by atoms with Crippen molar-refractivity contribution in [2.75, 3.05) is 7.11 Å². The minimum atomic E-state index is -0.481. The van der Waals surface area contributed by atoms with Crippen LogP contribution in [0.25, 0.3) is 0 Å². The highest BCUT2D eigenvalue weighted by Gasteiger charge is 2.21. The standard InChI is InChI=1S/C15H15FN2O2/c1-20-18-15(19)14(10-13-4-2-3-9-17-13)11-5-7-12(16)8-6-11/h2-9,14H,10H2,1H3,(H,18,19). The Labute approximate surface area is 116 Å². The predicted octanol–water partition coefficient (Wildman–Crippen LogP) is 2.22. The minimum Gasteiger partial charge on any atom is -0.277 e. The lowest BCUT2D eigenvalue weighted by molar-refractivity contribution is -0.132. The Morgan fingerprint density at radius 1 is 1.30 bits per heavy atom. The molecule has 1 unspecified atom stereocenters. The third-order valence-corrected chi connectivity index (χ3v) is 2.93. The number of carbonyl (C=O) groups excluding carboxylic acids is 1. The molecule has 104 valence electrons. The van der Waals surface area contributed by atoms with E-state index in [1.54, 1.807) is 18.3 Å². The number of aromatic nitrogens is 1. The van der Waals surface area contributed by atoms with Crippen LogP contribution in [0.2, 0.25) is 0 Å². The van der Waals surface area contributed by atoms with Crippen LogP contribution >= 0.6 is 0 Å². The summed E-state index contributed by atoms with van der Waals surface area (Å²) in [5, 5.41) is 0. The molecule has 0 aliphatic rings. The minimum absolute atomic E-state index is 0.287. The number of hydroxylamine groups is 1. The van der Waals surface area contributed by atoms with Crippen molar-refractivity contribution in [2.24, 2.45) is 0 Å². The van der Waals surface area contributed by atoms with Gasteiger partial charge in [0.1, 0.15) is 5.82 Å². The highest BCUT2D eigenvalue weighted by molar-refractivity contribution is 5.83. The molecule has 0 saturated carbocycles. The number of nitrogens with zero attached hydrogens (tertiary/aromatic N) is 1. The molecule has 5 heteroatoms. The van der Waals surface area contributed by atoms with Crippen molar-refractivity contribution in [1.29, 1.82) is 0 Å². The quantitative estimate of drug-likeness (QED) is 0.851. The van der Waals surface area contributed by atoms with Gasteiger partial charge in [0.2, 0.25) is 0 Å². The fourth-order valence-corrected chi connectivity index (χ4v) is 1.96. The Morgan fingerprint density at radius 3 is 2.65 bits per heavy atom. The molecule has 1 aromatic carbocycles. The first-order chi connectivity index (χ1) is 9.70. The van der Waals surface area contributed by atoms with Gasteiger partial charge >= 0.3 is 0 Å². The van der Waals surface area contributed by atoms with Crippen molar-refractivity contribution in [2.45, 2.75) is 12.3 Å². The average Bonchev–Trinajstić information content (AvgIpc) is 2.47. The van der Waals surface area contributed by atoms with E-state index in [0.717, 1.165) is 5.69 Å². The maximum Gasteiger partial charge on any atom is 0.251 e. The monoisotopic (exact) mass is 274 g/mol. The lowest BCUT2D eigenvalue weighted by Crippen LogP contribution is -2.29. The molecular formula is C15H15FN2O2. The van der Waals surface area contributed by atoms with Gasteiger partial charge < -0.3 is 0 Å². The number of benzene rings is 1. The Hall–Kier alpha value is -2.27. The maximum atomic E-state index is 13.0. The molecule has 0 aliphatic carbocycles. The topological polar surface area (TPSA) is 51.2 Å². The summed E-state index contributed by atoms with van der Waals surface area (Å²) in [7, 11) is 1.38. The molecule has 2 rings (SSSR count). The zero-order chi connectivity index (χ0) is 14.4. The molecule has 0 bridgehead atoms. The summed E-state index contributed by atoms with van der Waals surface area (Å²) >= 11 is 0. The Morgan fingerprint density at radius 2 is 2.05 bits per heavy atom. The fraction of sp³-hybridized carbons (Fsp3) is 0.200. The van der Waals surface area contributed by atoms with Crippen molar-refractivity contribution in [3.63, 3.8) is 0 Å². The molecule has 0 fully saturated rings.